The van der Waals surface area contributed by atoms with Gasteiger partial charge in [0.05, 0.1) is 54.7 Å². The number of rotatable bonds is 22. The van der Waals surface area contributed by atoms with Crippen molar-refractivity contribution in [3.05, 3.63) is 47.5 Å². The van der Waals surface area contributed by atoms with Gasteiger partial charge in [0.1, 0.15) is 20.2 Å². The molecular weight excluding hydrogens is 973 g/mol. The fourth-order valence-electron chi connectivity index (χ4n) is 4.63. The minimum atomic E-state index is -5.24. The summed E-state index contributed by atoms with van der Waals surface area (Å²) in [5.41, 5.74) is -0.599. The van der Waals surface area contributed by atoms with Crippen LogP contribution in [0.4, 0.5) is 47.1 Å². The first kappa shape index (κ1) is 62.6. The first-order chi connectivity index (χ1) is 27.9. The van der Waals surface area contributed by atoms with Gasteiger partial charge in [-0.3, -0.25) is 0 Å². The molecule has 2 aromatic carbocycles. The van der Waals surface area contributed by atoms with Crippen LogP contribution in [0.2, 0.25) is 0 Å². The van der Waals surface area contributed by atoms with Crippen LogP contribution in [0.15, 0.2) is 46.2 Å². The molecule has 2 heterocycles. The number of hydrogen-bond acceptors (Lipinski definition) is 26. The number of benzene rings is 2. The number of hydrogen-bond donors (Lipinski definition) is 8. The van der Waals surface area contributed by atoms with Crippen molar-refractivity contribution in [2.75, 3.05) is 69.7 Å². The number of aliphatic hydroxyl groups excluding tert-OH is 2. The molecule has 4 rings (SSSR count). The maximum atomic E-state index is 12.4. The molecule has 0 fully saturated rings. The van der Waals surface area contributed by atoms with Crippen molar-refractivity contribution >= 4 is 99.7 Å². The van der Waals surface area contributed by atoms with Gasteiger partial charge in [-0.15, -0.1) is 0 Å². The van der Waals surface area contributed by atoms with Crippen LogP contribution in [0, 0.1) is 0 Å². The van der Waals surface area contributed by atoms with Gasteiger partial charge in [-0.1, -0.05) is 24.3 Å². The van der Waals surface area contributed by atoms with E-state index in [0.29, 0.717) is 0 Å². The van der Waals surface area contributed by atoms with Crippen LogP contribution in [-0.4, -0.2) is 142 Å². The van der Waals surface area contributed by atoms with Gasteiger partial charge in [0.25, 0.3) is 0 Å². The van der Waals surface area contributed by atoms with E-state index < -0.39 is 73.9 Å². The first-order valence-electron chi connectivity index (χ1n) is 16.9. The van der Waals surface area contributed by atoms with E-state index in [0.717, 1.165) is 24.3 Å². The van der Waals surface area contributed by atoms with Crippen LogP contribution in [0.3, 0.4) is 0 Å². The maximum absolute atomic E-state index is 12.4. The summed E-state index contributed by atoms with van der Waals surface area (Å²) in [7, 11) is -19.7. The normalized spacial score (nSPS) is 12.6. The van der Waals surface area contributed by atoms with Crippen molar-refractivity contribution in [2.24, 2.45) is 0 Å². The van der Waals surface area contributed by atoms with Gasteiger partial charge in [-0.2, -0.15) is 29.9 Å². The largest absolute Gasteiger partial charge is 1.00 e. The van der Waals surface area contributed by atoms with Crippen molar-refractivity contribution < 1.29 is 180 Å². The monoisotopic (exact) mass is 1010 g/mol. The van der Waals surface area contributed by atoms with E-state index in [9.17, 15) is 62.1 Å². The SMILES string of the molecule is CC(CO)Nc1nc(NCCS(=O)(=O)[O-])nc(Nc2ccc(C=Cc3ccc(Nc4nc(NCCS(=O)(=O)[O-])nc(NC(C)CO)n4)cc3S(=O)(=O)[O-])c(S(=O)(=O)[O-])c2)n1.[Na+].[Na+].[Na+].[Na+]. The van der Waals surface area contributed by atoms with Crippen molar-refractivity contribution in [3.63, 3.8) is 0 Å². The smallest absolute Gasteiger partial charge is 0.748 e. The van der Waals surface area contributed by atoms with Crippen LogP contribution in [0.1, 0.15) is 25.0 Å². The number of aliphatic hydroxyl groups is 2. The third-order valence-corrected chi connectivity index (χ3v) is 10.6. The predicted molar refractivity (Wildman–Crippen MR) is 210 cm³/mol. The Morgan fingerprint density at radius 3 is 1.14 bits per heavy atom. The molecule has 0 amide bonds. The maximum Gasteiger partial charge on any atom is 1.00 e. The van der Waals surface area contributed by atoms with E-state index in [1.165, 1.54) is 24.3 Å². The molecule has 0 aliphatic carbocycles. The number of nitrogens with one attached hydrogen (secondary N) is 6. The Kier molecular flexibility index (Phi) is 26.9. The Balaban J connectivity index is 0.00000992. The fraction of sp³-hybridized carbons (Fsp3) is 0.333. The van der Waals surface area contributed by atoms with E-state index in [1.54, 1.807) is 13.8 Å². The summed E-state index contributed by atoms with van der Waals surface area (Å²) in [6.07, 6.45) is 2.12. The molecule has 0 aliphatic heterocycles. The molecule has 0 saturated carbocycles. The molecule has 0 radical (unpaired) electrons. The Bertz CT molecular complexity index is 2500. The molecule has 4 aromatic rings. The Labute approximate surface area is 457 Å². The Hall–Kier alpha value is -1.44. The molecule has 0 saturated heterocycles. The van der Waals surface area contributed by atoms with E-state index >= 15 is 0 Å². The van der Waals surface area contributed by atoms with Crippen LogP contribution >= 0.6 is 0 Å². The van der Waals surface area contributed by atoms with Crippen molar-refractivity contribution in [2.45, 2.75) is 35.7 Å². The molecule has 328 valence electrons. The Morgan fingerprint density at radius 1 is 0.531 bits per heavy atom. The average Bonchev–Trinajstić information content (AvgIpc) is 3.12. The molecule has 2 atom stereocenters. The van der Waals surface area contributed by atoms with Gasteiger partial charge >= 0.3 is 118 Å². The third kappa shape index (κ3) is 21.7. The van der Waals surface area contributed by atoms with Crippen LogP contribution < -0.4 is 150 Å². The van der Waals surface area contributed by atoms with E-state index in [2.05, 4.69) is 61.8 Å². The van der Waals surface area contributed by atoms with E-state index in [4.69, 9.17) is 0 Å². The zero-order valence-corrected chi connectivity index (χ0v) is 46.4. The summed E-state index contributed by atoms with van der Waals surface area (Å²) in [6.45, 7) is 1.69. The second-order valence-electron chi connectivity index (χ2n) is 12.4. The molecular formula is C30H36N12Na4O14S4. The second-order valence-corrected chi connectivity index (χ2v) is 18.2. The standard InChI is InChI=1S/C30H40N12O14S4.4Na/c1-17(15-43)33-27-37-25(31-9-11-57(45,46)47)39-29(41-27)35-21-7-5-19(23(13-21)59(51,52)53)3-4-20-6-8-22(14-24(20)60(54,55)56)36-30-40-26(32-10-12-58(48,49)50)38-28(42-30)34-18(2)16-44;;;;/h3-8,13-14,17-18,43-44H,9-12,15-16H2,1-2H3,(H,45,46,47)(H,48,49,50)(H,51,52,53)(H,54,55,56)(H3,31,33,35,37,39,41)(H3,32,34,36,38,40,42);;;;/q;4*+1/p-4. The second kappa shape index (κ2) is 27.5. The first-order valence-corrected chi connectivity index (χ1v) is 22.9. The van der Waals surface area contributed by atoms with Crippen molar-refractivity contribution in [3.8, 4) is 0 Å². The molecule has 34 heteroatoms. The third-order valence-electron chi connectivity index (χ3n) is 7.36. The fourth-order valence-corrected chi connectivity index (χ4v) is 6.73. The molecule has 8 N–H and O–H groups in total. The minimum absolute atomic E-state index is 0. The van der Waals surface area contributed by atoms with Crippen molar-refractivity contribution in [1.82, 2.24) is 29.9 Å². The summed E-state index contributed by atoms with van der Waals surface area (Å²) < 4.78 is 140. The number of aromatic nitrogens is 6. The summed E-state index contributed by atoms with van der Waals surface area (Å²) in [4.78, 5) is 22.8. The van der Waals surface area contributed by atoms with Gasteiger partial charge in [0.2, 0.25) is 35.7 Å². The summed E-state index contributed by atoms with van der Waals surface area (Å²) >= 11 is 0. The van der Waals surface area contributed by atoms with E-state index in [1.807, 2.05) is 0 Å². The minimum Gasteiger partial charge on any atom is -0.748 e. The summed E-state index contributed by atoms with van der Waals surface area (Å²) in [6, 6.07) is 5.59. The Morgan fingerprint density at radius 2 is 0.844 bits per heavy atom. The van der Waals surface area contributed by atoms with Gasteiger partial charge in [-0.05, 0) is 49.2 Å². The van der Waals surface area contributed by atoms with Crippen LogP contribution in [-0.2, 0) is 40.5 Å². The predicted octanol–water partition coefficient (Wildman–Crippen LogP) is -13.0. The van der Waals surface area contributed by atoms with Crippen molar-refractivity contribution in [1.29, 1.82) is 0 Å². The summed E-state index contributed by atoms with van der Waals surface area (Å²) in [5, 5.41) is 34.8. The molecule has 64 heavy (non-hydrogen) atoms. The number of anilines is 8. The quantitative estimate of drug-likeness (QED) is 0.0206. The molecule has 0 aliphatic rings. The topological polar surface area (TPSA) is 419 Å². The van der Waals surface area contributed by atoms with Gasteiger partial charge < -0.3 is 60.3 Å². The molecule has 0 bridgehead atoms. The van der Waals surface area contributed by atoms with Gasteiger partial charge in [0, 0.05) is 36.5 Å². The zero-order chi connectivity index (χ0) is 44.5. The number of nitrogens with zero attached hydrogens (tertiary/aromatic N) is 6. The molecule has 2 unspecified atom stereocenters. The zero-order valence-electron chi connectivity index (χ0n) is 35.1. The van der Waals surface area contributed by atoms with E-state index in [-0.39, 0.29) is 203 Å². The van der Waals surface area contributed by atoms with Crippen LogP contribution in [0.25, 0.3) is 12.2 Å². The van der Waals surface area contributed by atoms with Gasteiger partial charge in [0.15, 0.2) is 0 Å². The molecule has 2 aromatic heterocycles. The van der Waals surface area contributed by atoms with Gasteiger partial charge in [-0.25, -0.2) is 33.7 Å². The molecule has 26 nitrogen and oxygen atoms in total. The average molecular weight is 1010 g/mol. The van der Waals surface area contributed by atoms with Crippen LogP contribution in [0.5, 0.6) is 0 Å². The summed E-state index contributed by atoms with van der Waals surface area (Å²) in [5.74, 6) is -2.83. The molecule has 0 spiro atoms.